The largest absolute Gasteiger partial charge is 0.343 e. The highest BCUT2D eigenvalue weighted by Gasteiger charge is 1.99. The normalized spacial score (nSPS) is 10.6. The van der Waals surface area contributed by atoms with Gasteiger partial charge in [-0.05, 0) is 18.1 Å². The first-order valence-corrected chi connectivity index (χ1v) is 3.68. The van der Waals surface area contributed by atoms with Crippen LogP contribution in [-0.2, 0) is 6.42 Å². The summed E-state index contributed by atoms with van der Waals surface area (Å²) in [6, 6.07) is 2.01. The number of nitrogens with zero attached hydrogens (tertiary/aromatic N) is 2. The summed E-state index contributed by atoms with van der Waals surface area (Å²) >= 11 is 0. The molecule has 2 aromatic rings. The summed E-state index contributed by atoms with van der Waals surface area (Å²) in [6.45, 7) is 2.12. The first kappa shape index (κ1) is 6.34. The van der Waals surface area contributed by atoms with Gasteiger partial charge in [0.05, 0.1) is 11.8 Å². The van der Waals surface area contributed by atoms with Crippen molar-refractivity contribution in [3.63, 3.8) is 0 Å². The van der Waals surface area contributed by atoms with Crippen LogP contribution < -0.4 is 0 Å². The fourth-order valence-electron chi connectivity index (χ4n) is 1.20. The highest BCUT2D eigenvalue weighted by atomic mass is 14.9. The Labute approximate surface area is 64.5 Å². The summed E-state index contributed by atoms with van der Waals surface area (Å²) in [5, 5.41) is 0. The summed E-state index contributed by atoms with van der Waals surface area (Å²) < 4.78 is 0. The maximum absolute atomic E-state index is 4.11. The van der Waals surface area contributed by atoms with E-state index in [1.54, 1.807) is 12.5 Å². The maximum atomic E-state index is 4.11. The van der Waals surface area contributed by atoms with Crippen LogP contribution in [0.3, 0.4) is 0 Å². The molecule has 2 aromatic heterocycles. The predicted octanol–water partition coefficient (Wildman–Crippen LogP) is 1.52. The number of imidazole rings is 1. The number of hydrogen-bond acceptors (Lipinski definition) is 2. The molecule has 11 heavy (non-hydrogen) atoms. The molecule has 0 spiro atoms. The zero-order valence-corrected chi connectivity index (χ0v) is 6.33. The van der Waals surface area contributed by atoms with Gasteiger partial charge in [0.1, 0.15) is 0 Å². The van der Waals surface area contributed by atoms with Crippen LogP contribution in [0.2, 0.25) is 0 Å². The minimum atomic E-state index is 0.810. The van der Waals surface area contributed by atoms with Crippen molar-refractivity contribution in [1.82, 2.24) is 15.0 Å². The van der Waals surface area contributed by atoms with E-state index < -0.39 is 0 Å². The van der Waals surface area contributed by atoms with E-state index in [9.17, 15) is 0 Å². The van der Waals surface area contributed by atoms with E-state index >= 15 is 0 Å². The van der Waals surface area contributed by atoms with Crippen LogP contribution in [0.4, 0.5) is 0 Å². The molecule has 0 amide bonds. The molecule has 0 aromatic carbocycles. The lowest BCUT2D eigenvalue weighted by Crippen LogP contribution is -1.84. The Morgan fingerprint density at radius 2 is 2.36 bits per heavy atom. The Balaban J connectivity index is 2.79. The molecule has 0 aliphatic heterocycles. The molecule has 0 bridgehead atoms. The molecule has 0 fully saturated rings. The second-order valence-electron chi connectivity index (χ2n) is 2.42. The number of aryl methyl sites for hydroxylation is 1. The Hall–Kier alpha value is -1.38. The standard InChI is InChI=1S/C8H9N3/c1-2-6-3-4-9-8-7(6)10-5-11-8/h3-5H,2H2,1H3,(H,9,10,11). The van der Waals surface area contributed by atoms with Crippen molar-refractivity contribution in [2.45, 2.75) is 13.3 Å². The smallest absolute Gasteiger partial charge is 0.177 e. The Bertz CT molecular complexity index is 364. The lowest BCUT2D eigenvalue weighted by molar-refractivity contribution is 1.14. The minimum absolute atomic E-state index is 0.810. The van der Waals surface area contributed by atoms with Gasteiger partial charge in [-0.15, -0.1) is 0 Å². The van der Waals surface area contributed by atoms with Crippen molar-refractivity contribution < 1.29 is 0 Å². The molecule has 0 aliphatic carbocycles. The Kier molecular flexibility index (Phi) is 1.35. The fourth-order valence-corrected chi connectivity index (χ4v) is 1.20. The number of nitrogens with one attached hydrogen (secondary N) is 1. The Morgan fingerprint density at radius 3 is 3.18 bits per heavy atom. The van der Waals surface area contributed by atoms with Crippen molar-refractivity contribution in [1.29, 1.82) is 0 Å². The van der Waals surface area contributed by atoms with Crippen LogP contribution in [0.5, 0.6) is 0 Å². The van der Waals surface area contributed by atoms with E-state index in [-0.39, 0.29) is 0 Å². The number of fused-ring (bicyclic) bond motifs is 1. The molecule has 0 saturated heterocycles. The van der Waals surface area contributed by atoms with Gasteiger partial charge in [-0.2, -0.15) is 0 Å². The van der Waals surface area contributed by atoms with Gasteiger partial charge < -0.3 is 4.98 Å². The minimum Gasteiger partial charge on any atom is -0.343 e. The maximum Gasteiger partial charge on any atom is 0.177 e. The summed E-state index contributed by atoms with van der Waals surface area (Å²) in [5.41, 5.74) is 3.15. The van der Waals surface area contributed by atoms with Crippen LogP contribution in [-0.4, -0.2) is 15.0 Å². The van der Waals surface area contributed by atoms with Crippen molar-refractivity contribution in [3.8, 4) is 0 Å². The second-order valence-corrected chi connectivity index (χ2v) is 2.42. The monoisotopic (exact) mass is 147 g/mol. The predicted molar refractivity (Wildman–Crippen MR) is 43.3 cm³/mol. The average molecular weight is 147 g/mol. The molecule has 0 radical (unpaired) electrons. The molecular weight excluding hydrogens is 138 g/mol. The van der Waals surface area contributed by atoms with Crippen LogP contribution in [0, 0.1) is 0 Å². The number of aromatic amines is 1. The van der Waals surface area contributed by atoms with Crippen LogP contribution >= 0.6 is 0 Å². The van der Waals surface area contributed by atoms with Gasteiger partial charge in [0, 0.05) is 6.20 Å². The van der Waals surface area contributed by atoms with E-state index in [1.807, 2.05) is 6.07 Å². The van der Waals surface area contributed by atoms with Gasteiger partial charge in [0.2, 0.25) is 0 Å². The molecule has 2 heterocycles. The third kappa shape index (κ3) is 0.888. The zero-order chi connectivity index (χ0) is 7.68. The number of H-pyrrole nitrogens is 1. The van der Waals surface area contributed by atoms with Gasteiger partial charge in [0.15, 0.2) is 5.65 Å². The van der Waals surface area contributed by atoms with Crippen molar-refractivity contribution in [2.24, 2.45) is 0 Å². The lowest BCUT2D eigenvalue weighted by atomic mass is 10.2. The summed E-state index contributed by atoms with van der Waals surface area (Å²) in [4.78, 5) is 11.2. The van der Waals surface area contributed by atoms with Crippen molar-refractivity contribution in [3.05, 3.63) is 24.2 Å². The van der Waals surface area contributed by atoms with Gasteiger partial charge in [-0.1, -0.05) is 6.92 Å². The lowest BCUT2D eigenvalue weighted by Gasteiger charge is -1.94. The molecule has 1 N–H and O–H groups in total. The van der Waals surface area contributed by atoms with Gasteiger partial charge >= 0.3 is 0 Å². The highest BCUT2D eigenvalue weighted by molar-refractivity contribution is 5.73. The first-order valence-electron chi connectivity index (χ1n) is 3.68. The molecule has 0 unspecified atom stereocenters. The van der Waals surface area contributed by atoms with Gasteiger partial charge in [-0.25, -0.2) is 9.97 Å². The molecule has 0 saturated carbocycles. The molecule has 0 atom stereocenters. The quantitative estimate of drug-likeness (QED) is 0.664. The molecule has 56 valence electrons. The highest BCUT2D eigenvalue weighted by Crippen LogP contribution is 2.11. The van der Waals surface area contributed by atoms with Gasteiger partial charge in [-0.3, -0.25) is 0 Å². The van der Waals surface area contributed by atoms with Crippen LogP contribution in [0.25, 0.3) is 11.2 Å². The Morgan fingerprint density at radius 1 is 1.45 bits per heavy atom. The molecule has 3 nitrogen and oxygen atoms in total. The first-order chi connectivity index (χ1) is 5.42. The summed E-state index contributed by atoms with van der Waals surface area (Å²) in [7, 11) is 0. The average Bonchev–Trinajstić information content (AvgIpc) is 2.50. The van der Waals surface area contributed by atoms with E-state index in [1.165, 1.54) is 5.56 Å². The van der Waals surface area contributed by atoms with Gasteiger partial charge in [0.25, 0.3) is 0 Å². The third-order valence-corrected chi connectivity index (χ3v) is 1.79. The van der Waals surface area contributed by atoms with E-state index in [4.69, 9.17) is 0 Å². The molecule has 3 heteroatoms. The topological polar surface area (TPSA) is 41.6 Å². The van der Waals surface area contributed by atoms with Crippen LogP contribution in [0.15, 0.2) is 18.6 Å². The number of rotatable bonds is 1. The van der Waals surface area contributed by atoms with Crippen LogP contribution in [0.1, 0.15) is 12.5 Å². The summed E-state index contributed by atoms with van der Waals surface area (Å²) in [6.07, 6.45) is 4.49. The summed E-state index contributed by atoms with van der Waals surface area (Å²) in [5.74, 6) is 0. The SMILES string of the molecule is CCc1ccnc2nc[nH]c12. The number of hydrogen-bond donors (Lipinski definition) is 1. The van der Waals surface area contributed by atoms with E-state index in [0.717, 1.165) is 17.6 Å². The third-order valence-electron chi connectivity index (χ3n) is 1.79. The second kappa shape index (κ2) is 2.34. The molecule has 0 aliphatic rings. The van der Waals surface area contributed by atoms with Crippen molar-refractivity contribution in [2.75, 3.05) is 0 Å². The molecular formula is C8H9N3. The number of aromatic nitrogens is 3. The molecule has 2 rings (SSSR count). The zero-order valence-electron chi connectivity index (χ0n) is 6.33. The van der Waals surface area contributed by atoms with E-state index in [2.05, 4.69) is 21.9 Å². The van der Waals surface area contributed by atoms with E-state index in [0.29, 0.717) is 0 Å². The number of pyridine rings is 1. The fraction of sp³-hybridized carbons (Fsp3) is 0.250. The van der Waals surface area contributed by atoms with Crippen molar-refractivity contribution >= 4 is 11.2 Å².